The van der Waals surface area contributed by atoms with Crippen molar-refractivity contribution >= 4 is 5.78 Å². The van der Waals surface area contributed by atoms with Crippen LogP contribution in [-0.2, 0) is 0 Å². The van der Waals surface area contributed by atoms with Crippen LogP contribution in [0.25, 0.3) is 0 Å². The maximum atomic E-state index is 11.8. The first-order valence-electron chi connectivity index (χ1n) is 5.10. The number of nitrogens with one attached hydrogen (secondary N) is 1. The van der Waals surface area contributed by atoms with Gasteiger partial charge in [0.05, 0.1) is 12.7 Å². The number of rotatable bonds is 6. The largest absolute Gasteiger partial charge is 0.496 e. The summed E-state index contributed by atoms with van der Waals surface area (Å²) in [5.41, 5.74) is 0.677. The Morgan fingerprint density at radius 3 is 2.80 bits per heavy atom. The summed E-state index contributed by atoms with van der Waals surface area (Å²) < 4.78 is 5.14. The fourth-order valence-corrected chi connectivity index (χ4v) is 1.44. The SMILES string of the molecule is CNCCCC(=O)c1ccccc1OC. The molecule has 0 fully saturated rings. The van der Waals surface area contributed by atoms with Crippen molar-refractivity contribution in [3.8, 4) is 5.75 Å². The van der Waals surface area contributed by atoms with E-state index in [1.165, 1.54) is 0 Å². The Hall–Kier alpha value is -1.35. The van der Waals surface area contributed by atoms with E-state index in [0.29, 0.717) is 17.7 Å². The topological polar surface area (TPSA) is 38.3 Å². The van der Waals surface area contributed by atoms with Crippen molar-refractivity contribution in [1.29, 1.82) is 0 Å². The molecule has 0 radical (unpaired) electrons. The maximum Gasteiger partial charge on any atom is 0.166 e. The third kappa shape index (κ3) is 3.36. The Morgan fingerprint density at radius 1 is 1.40 bits per heavy atom. The van der Waals surface area contributed by atoms with Gasteiger partial charge in [0, 0.05) is 6.42 Å². The summed E-state index contributed by atoms with van der Waals surface area (Å²) in [6, 6.07) is 7.34. The zero-order chi connectivity index (χ0) is 11.1. The summed E-state index contributed by atoms with van der Waals surface area (Å²) in [4.78, 5) is 11.8. The molecule has 0 spiro atoms. The van der Waals surface area contributed by atoms with Crippen molar-refractivity contribution in [1.82, 2.24) is 5.32 Å². The van der Waals surface area contributed by atoms with Gasteiger partial charge in [-0.05, 0) is 32.1 Å². The molecule has 82 valence electrons. The quantitative estimate of drug-likeness (QED) is 0.571. The van der Waals surface area contributed by atoms with Gasteiger partial charge in [0.15, 0.2) is 5.78 Å². The third-order valence-electron chi connectivity index (χ3n) is 2.24. The minimum atomic E-state index is 0.141. The number of para-hydroxylation sites is 1. The molecule has 0 amide bonds. The highest BCUT2D eigenvalue weighted by Crippen LogP contribution is 2.19. The molecule has 1 aromatic carbocycles. The van der Waals surface area contributed by atoms with Crippen molar-refractivity contribution in [2.24, 2.45) is 0 Å². The number of methoxy groups -OCH3 is 1. The second-order valence-electron chi connectivity index (χ2n) is 3.33. The molecular formula is C12H17NO2. The van der Waals surface area contributed by atoms with E-state index in [1.807, 2.05) is 25.2 Å². The summed E-state index contributed by atoms with van der Waals surface area (Å²) in [7, 11) is 3.47. The average Bonchev–Trinajstić information content (AvgIpc) is 2.29. The molecule has 0 saturated heterocycles. The highest BCUT2D eigenvalue weighted by atomic mass is 16.5. The Bertz CT molecular complexity index is 323. The minimum Gasteiger partial charge on any atom is -0.496 e. The van der Waals surface area contributed by atoms with Crippen LogP contribution < -0.4 is 10.1 Å². The monoisotopic (exact) mass is 207 g/mol. The van der Waals surface area contributed by atoms with Gasteiger partial charge in [-0.25, -0.2) is 0 Å². The molecule has 0 aliphatic rings. The van der Waals surface area contributed by atoms with Gasteiger partial charge < -0.3 is 10.1 Å². The first-order chi connectivity index (χ1) is 7.29. The van der Waals surface area contributed by atoms with E-state index in [9.17, 15) is 4.79 Å². The molecule has 0 atom stereocenters. The third-order valence-corrected chi connectivity index (χ3v) is 2.24. The standard InChI is InChI=1S/C12H17NO2/c1-13-9-5-7-11(14)10-6-3-4-8-12(10)15-2/h3-4,6,8,13H,5,7,9H2,1-2H3. The van der Waals surface area contributed by atoms with Crippen LogP contribution >= 0.6 is 0 Å². The van der Waals surface area contributed by atoms with Crippen LogP contribution in [0.2, 0.25) is 0 Å². The zero-order valence-electron chi connectivity index (χ0n) is 9.25. The Balaban J connectivity index is 2.64. The lowest BCUT2D eigenvalue weighted by atomic mass is 10.1. The molecule has 0 aliphatic carbocycles. The van der Waals surface area contributed by atoms with Crippen LogP contribution in [0.3, 0.4) is 0 Å². The molecule has 0 saturated carbocycles. The smallest absolute Gasteiger partial charge is 0.166 e. The highest BCUT2D eigenvalue weighted by molar-refractivity contribution is 5.98. The number of benzene rings is 1. The van der Waals surface area contributed by atoms with E-state index < -0.39 is 0 Å². The van der Waals surface area contributed by atoms with Gasteiger partial charge in [-0.2, -0.15) is 0 Å². The molecule has 3 nitrogen and oxygen atoms in total. The lowest BCUT2D eigenvalue weighted by molar-refractivity contribution is 0.0977. The van der Waals surface area contributed by atoms with Crippen LogP contribution in [0.15, 0.2) is 24.3 Å². The fraction of sp³-hybridized carbons (Fsp3) is 0.417. The van der Waals surface area contributed by atoms with E-state index in [4.69, 9.17) is 4.74 Å². The van der Waals surface area contributed by atoms with Crippen LogP contribution in [-0.4, -0.2) is 26.5 Å². The molecule has 0 bridgehead atoms. The lowest BCUT2D eigenvalue weighted by Crippen LogP contribution is -2.10. The predicted octanol–water partition coefficient (Wildman–Crippen LogP) is 1.88. The first-order valence-corrected chi connectivity index (χ1v) is 5.10. The van der Waals surface area contributed by atoms with E-state index in [0.717, 1.165) is 13.0 Å². The normalized spacial score (nSPS) is 10.0. The van der Waals surface area contributed by atoms with Gasteiger partial charge in [-0.15, -0.1) is 0 Å². The number of carbonyl (C=O) groups is 1. The zero-order valence-corrected chi connectivity index (χ0v) is 9.25. The van der Waals surface area contributed by atoms with Crippen LogP contribution in [0, 0.1) is 0 Å². The van der Waals surface area contributed by atoms with Gasteiger partial charge in [-0.1, -0.05) is 12.1 Å². The predicted molar refractivity (Wildman–Crippen MR) is 60.5 cm³/mol. The number of ether oxygens (including phenoxy) is 1. The van der Waals surface area contributed by atoms with Crippen LogP contribution in [0.5, 0.6) is 5.75 Å². The Labute approximate surface area is 90.4 Å². The van der Waals surface area contributed by atoms with Crippen molar-refractivity contribution in [2.75, 3.05) is 20.7 Å². The second-order valence-corrected chi connectivity index (χ2v) is 3.33. The number of carbonyl (C=O) groups excluding carboxylic acids is 1. The van der Waals surface area contributed by atoms with E-state index in [1.54, 1.807) is 13.2 Å². The molecule has 1 N–H and O–H groups in total. The minimum absolute atomic E-state index is 0.141. The van der Waals surface area contributed by atoms with Crippen molar-refractivity contribution in [3.63, 3.8) is 0 Å². The molecule has 15 heavy (non-hydrogen) atoms. The van der Waals surface area contributed by atoms with Crippen molar-refractivity contribution in [2.45, 2.75) is 12.8 Å². The van der Waals surface area contributed by atoms with E-state index in [2.05, 4.69) is 5.32 Å². The van der Waals surface area contributed by atoms with Crippen molar-refractivity contribution < 1.29 is 9.53 Å². The number of ketones is 1. The molecule has 0 heterocycles. The van der Waals surface area contributed by atoms with Gasteiger partial charge >= 0.3 is 0 Å². The van der Waals surface area contributed by atoms with E-state index >= 15 is 0 Å². The molecule has 1 rings (SSSR count). The highest BCUT2D eigenvalue weighted by Gasteiger charge is 2.10. The summed E-state index contributed by atoms with van der Waals surface area (Å²) >= 11 is 0. The molecular weight excluding hydrogens is 190 g/mol. The molecule has 3 heteroatoms. The molecule has 0 aromatic heterocycles. The van der Waals surface area contributed by atoms with Gasteiger partial charge in [0.1, 0.15) is 5.75 Å². The maximum absolute atomic E-state index is 11.8. The molecule has 1 aromatic rings. The first kappa shape index (κ1) is 11.7. The molecule has 0 aliphatic heterocycles. The van der Waals surface area contributed by atoms with E-state index in [-0.39, 0.29) is 5.78 Å². The lowest BCUT2D eigenvalue weighted by Gasteiger charge is -2.06. The number of Topliss-reactive ketones (excluding diaryl/α,β-unsaturated/α-hetero) is 1. The average molecular weight is 207 g/mol. The fourth-order valence-electron chi connectivity index (χ4n) is 1.44. The Kier molecular flexibility index (Phi) is 4.84. The molecule has 0 unspecified atom stereocenters. The van der Waals surface area contributed by atoms with Gasteiger partial charge in [-0.3, -0.25) is 4.79 Å². The number of hydrogen-bond donors (Lipinski definition) is 1. The van der Waals surface area contributed by atoms with Gasteiger partial charge in [0.2, 0.25) is 0 Å². The van der Waals surface area contributed by atoms with Gasteiger partial charge in [0.25, 0.3) is 0 Å². The summed E-state index contributed by atoms with van der Waals surface area (Å²) in [6.07, 6.45) is 1.41. The summed E-state index contributed by atoms with van der Waals surface area (Å²) in [6.45, 7) is 0.862. The number of hydrogen-bond acceptors (Lipinski definition) is 3. The summed E-state index contributed by atoms with van der Waals surface area (Å²) in [5.74, 6) is 0.801. The second kappa shape index (κ2) is 6.19. The summed E-state index contributed by atoms with van der Waals surface area (Å²) in [5, 5.41) is 3.02. The van der Waals surface area contributed by atoms with Crippen molar-refractivity contribution in [3.05, 3.63) is 29.8 Å². The van der Waals surface area contributed by atoms with Crippen LogP contribution in [0.1, 0.15) is 23.2 Å². The van der Waals surface area contributed by atoms with Crippen LogP contribution in [0.4, 0.5) is 0 Å². The Morgan fingerprint density at radius 2 is 2.13 bits per heavy atom.